The summed E-state index contributed by atoms with van der Waals surface area (Å²) in [7, 11) is 0. The molecule has 3 rings (SSSR count). The van der Waals surface area contributed by atoms with Crippen molar-refractivity contribution in [1.29, 1.82) is 0 Å². The van der Waals surface area contributed by atoms with Gasteiger partial charge in [0.05, 0.1) is 0 Å². The standard InChI is InChI=1S/C15H20N2O4/c18-14(19)7-6-11-3-1-2-8-17(11)15(20)12-9-13(21-16-12)10-4-5-10/h9-11H,1-8H2,(H,18,19)/t11-/m1/s1. The summed E-state index contributed by atoms with van der Waals surface area (Å²) in [5, 5.41) is 12.7. The second-order valence-electron chi connectivity index (χ2n) is 5.97. The number of carbonyl (C=O) groups is 2. The van der Waals surface area contributed by atoms with Gasteiger partial charge in [0, 0.05) is 31.0 Å². The van der Waals surface area contributed by atoms with Crippen LogP contribution >= 0.6 is 0 Å². The molecule has 2 fully saturated rings. The van der Waals surface area contributed by atoms with Crippen LogP contribution in [0.5, 0.6) is 0 Å². The van der Waals surface area contributed by atoms with E-state index in [1.165, 1.54) is 0 Å². The van der Waals surface area contributed by atoms with E-state index in [0.29, 0.717) is 24.6 Å². The van der Waals surface area contributed by atoms with Gasteiger partial charge in [0.15, 0.2) is 5.69 Å². The molecule has 0 aromatic carbocycles. The second-order valence-corrected chi connectivity index (χ2v) is 5.97. The van der Waals surface area contributed by atoms with Crippen molar-refractivity contribution in [2.24, 2.45) is 0 Å². The molecule has 0 radical (unpaired) electrons. The average molecular weight is 292 g/mol. The Labute approximate surface area is 123 Å². The van der Waals surface area contributed by atoms with Crippen molar-refractivity contribution in [3.8, 4) is 0 Å². The van der Waals surface area contributed by atoms with Gasteiger partial charge in [0.2, 0.25) is 0 Å². The quantitative estimate of drug-likeness (QED) is 0.901. The summed E-state index contributed by atoms with van der Waals surface area (Å²) in [5.74, 6) is 0.298. The topological polar surface area (TPSA) is 83.6 Å². The van der Waals surface area contributed by atoms with Crippen LogP contribution in [0.4, 0.5) is 0 Å². The van der Waals surface area contributed by atoms with Gasteiger partial charge in [0.25, 0.3) is 5.91 Å². The summed E-state index contributed by atoms with van der Waals surface area (Å²) >= 11 is 0. The lowest BCUT2D eigenvalue weighted by atomic mass is 9.97. The van der Waals surface area contributed by atoms with Gasteiger partial charge in [-0.25, -0.2) is 0 Å². The smallest absolute Gasteiger partial charge is 0.303 e. The van der Waals surface area contributed by atoms with Crippen molar-refractivity contribution in [3.05, 3.63) is 17.5 Å². The Morgan fingerprint density at radius 1 is 1.33 bits per heavy atom. The molecule has 6 heteroatoms. The lowest BCUT2D eigenvalue weighted by Gasteiger charge is -2.35. The molecule has 1 amide bonds. The fourth-order valence-corrected chi connectivity index (χ4v) is 2.96. The first-order valence-electron chi connectivity index (χ1n) is 7.64. The molecule has 6 nitrogen and oxygen atoms in total. The number of carbonyl (C=O) groups excluding carboxylic acids is 1. The van der Waals surface area contributed by atoms with Gasteiger partial charge in [-0.05, 0) is 38.5 Å². The van der Waals surface area contributed by atoms with E-state index in [9.17, 15) is 9.59 Å². The molecule has 1 aliphatic carbocycles. The number of piperidine rings is 1. The van der Waals surface area contributed by atoms with Gasteiger partial charge >= 0.3 is 5.97 Å². The number of rotatable bonds is 5. The predicted octanol–water partition coefficient (Wildman–Crippen LogP) is 2.41. The maximum atomic E-state index is 12.6. The Kier molecular flexibility index (Phi) is 3.94. The first kappa shape index (κ1) is 14.1. The number of aliphatic carboxylic acids is 1. The van der Waals surface area contributed by atoms with Crippen LogP contribution in [0.25, 0.3) is 0 Å². The van der Waals surface area contributed by atoms with Gasteiger partial charge in [0.1, 0.15) is 5.76 Å². The molecule has 1 aromatic rings. The van der Waals surface area contributed by atoms with E-state index >= 15 is 0 Å². The highest BCUT2D eigenvalue weighted by atomic mass is 16.5. The number of carboxylic acids is 1. The largest absolute Gasteiger partial charge is 0.481 e. The molecule has 0 bridgehead atoms. The van der Waals surface area contributed by atoms with Crippen LogP contribution in [-0.2, 0) is 4.79 Å². The summed E-state index contributed by atoms with van der Waals surface area (Å²) in [6, 6.07) is 1.76. The molecule has 114 valence electrons. The Morgan fingerprint density at radius 3 is 2.86 bits per heavy atom. The zero-order valence-corrected chi connectivity index (χ0v) is 12.0. The molecular formula is C15H20N2O4. The second kappa shape index (κ2) is 5.87. The van der Waals surface area contributed by atoms with Crippen LogP contribution in [0.2, 0.25) is 0 Å². The third-order valence-electron chi connectivity index (χ3n) is 4.31. The minimum Gasteiger partial charge on any atom is -0.481 e. The highest BCUT2D eigenvalue weighted by molar-refractivity contribution is 5.92. The van der Waals surface area contributed by atoms with E-state index in [0.717, 1.165) is 37.9 Å². The van der Waals surface area contributed by atoms with Gasteiger partial charge < -0.3 is 14.5 Å². The fourth-order valence-electron chi connectivity index (χ4n) is 2.96. The molecular weight excluding hydrogens is 272 g/mol. The molecule has 1 saturated carbocycles. The monoisotopic (exact) mass is 292 g/mol. The highest BCUT2D eigenvalue weighted by Crippen LogP contribution is 2.40. The summed E-state index contributed by atoms with van der Waals surface area (Å²) in [6.45, 7) is 0.675. The van der Waals surface area contributed by atoms with Crippen molar-refractivity contribution < 1.29 is 19.2 Å². The van der Waals surface area contributed by atoms with E-state index in [-0.39, 0.29) is 18.4 Å². The molecule has 1 aromatic heterocycles. The molecule has 0 spiro atoms. The van der Waals surface area contributed by atoms with Gasteiger partial charge in [-0.2, -0.15) is 0 Å². The molecule has 21 heavy (non-hydrogen) atoms. The van der Waals surface area contributed by atoms with Crippen LogP contribution in [0, 0.1) is 0 Å². The zero-order valence-electron chi connectivity index (χ0n) is 12.0. The SMILES string of the molecule is O=C(O)CC[C@H]1CCCCN1C(=O)c1cc(C2CC2)on1. The number of hydrogen-bond donors (Lipinski definition) is 1. The molecule has 0 unspecified atom stereocenters. The fraction of sp³-hybridized carbons (Fsp3) is 0.667. The lowest BCUT2D eigenvalue weighted by molar-refractivity contribution is -0.137. The van der Waals surface area contributed by atoms with Crippen LogP contribution < -0.4 is 0 Å². The van der Waals surface area contributed by atoms with Crippen molar-refractivity contribution in [1.82, 2.24) is 10.1 Å². The third kappa shape index (κ3) is 3.25. The number of likely N-dealkylation sites (tertiary alicyclic amines) is 1. The third-order valence-corrected chi connectivity index (χ3v) is 4.31. The maximum absolute atomic E-state index is 12.6. The summed E-state index contributed by atoms with van der Waals surface area (Å²) in [4.78, 5) is 25.1. The minimum absolute atomic E-state index is 0.00317. The van der Waals surface area contributed by atoms with Crippen molar-refractivity contribution in [2.45, 2.75) is 56.9 Å². The number of aromatic nitrogens is 1. The Hall–Kier alpha value is -1.85. The van der Waals surface area contributed by atoms with Crippen LogP contribution in [0.1, 0.15) is 67.1 Å². The van der Waals surface area contributed by atoms with Crippen molar-refractivity contribution in [3.63, 3.8) is 0 Å². The van der Waals surface area contributed by atoms with E-state index in [2.05, 4.69) is 5.16 Å². The number of carboxylic acid groups (broad SMARTS) is 1. The first-order chi connectivity index (χ1) is 10.1. The van der Waals surface area contributed by atoms with E-state index < -0.39 is 5.97 Å². The van der Waals surface area contributed by atoms with Crippen LogP contribution in [-0.4, -0.2) is 39.6 Å². The number of hydrogen-bond acceptors (Lipinski definition) is 4. The normalized spacial score (nSPS) is 22.3. The first-order valence-corrected chi connectivity index (χ1v) is 7.64. The molecule has 2 heterocycles. The molecule has 2 aliphatic rings. The van der Waals surface area contributed by atoms with Crippen LogP contribution in [0.15, 0.2) is 10.6 Å². The molecule has 1 N–H and O–H groups in total. The van der Waals surface area contributed by atoms with Gasteiger partial charge in [-0.1, -0.05) is 5.16 Å². The van der Waals surface area contributed by atoms with E-state index in [1.807, 2.05) is 0 Å². The predicted molar refractivity (Wildman–Crippen MR) is 74.0 cm³/mol. The molecule has 1 atom stereocenters. The van der Waals surface area contributed by atoms with Crippen molar-refractivity contribution in [2.75, 3.05) is 6.54 Å². The highest BCUT2D eigenvalue weighted by Gasteiger charge is 2.32. The summed E-state index contributed by atoms with van der Waals surface area (Å²) in [5.41, 5.74) is 0.360. The van der Waals surface area contributed by atoms with E-state index in [4.69, 9.17) is 9.63 Å². The number of nitrogens with zero attached hydrogens (tertiary/aromatic N) is 2. The van der Waals surface area contributed by atoms with Crippen LogP contribution in [0.3, 0.4) is 0 Å². The Balaban J connectivity index is 1.68. The number of amides is 1. The summed E-state index contributed by atoms with van der Waals surface area (Å²) < 4.78 is 5.24. The summed E-state index contributed by atoms with van der Waals surface area (Å²) in [6.07, 6.45) is 5.69. The molecule has 1 saturated heterocycles. The lowest BCUT2D eigenvalue weighted by Crippen LogP contribution is -2.44. The van der Waals surface area contributed by atoms with Crippen molar-refractivity contribution >= 4 is 11.9 Å². The van der Waals surface area contributed by atoms with E-state index in [1.54, 1.807) is 11.0 Å². The average Bonchev–Trinajstić information content (AvgIpc) is 3.22. The van der Waals surface area contributed by atoms with Gasteiger partial charge in [-0.15, -0.1) is 0 Å². The molecule has 1 aliphatic heterocycles. The van der Waals surface area contributed by atoms with Gasteiger partial charge in [-0.3, -0.25) is 9.59 Å². The zero-order chi connectivity index (χ0) is 14.8. The Morgan fingerprint density at radius 2 is 2.14 bits per heavy atom. The maximum Gasteiger partial charge on any atom is 0.303 e. The Bertz CT molecular complexity index is 536. The minimum atomic E-state index is -0.814.